The van der Waals surface area contributed by atoms with Crippen LogP contribution in [0.2, 0.25) is 0 Å². The molecule has 1 saturated heterocycles. The van der Waals surface area contributed by atoms with Gasteiger partial charge in [-0.15, -0.1) is 11.3 Å². The number of carbonyl (C=O) groups excluding carboxylic acids is 1. The van der Waals surface area contributed by atoms with Crippen LogP contribution in [0.4, 0.5) is 5.82 Å². The molecule has 4 aromatic rings. The molecule has 190 valence electrons. The number of hydrogen-bond acceptors (Lipinski definition) is 8. The number of nitrogens with two attached hydrogens (primary N) is 1. The van der Waals surface area contributed by atoms with Crippen LogP contribution in [-0.4, -0.2) is 55.6 Å². The molecule has 1 aliphatic heterocycles. The third-order valence-electron chi connectivity index (χ3n) is 6.72. The van der Waals surface area contributed by atoms with Gasteiger partial charge in [0.15, 0.2) is 16.4 Å². The highest BCUT2D eigenvalue weighted by atomic mass is 32.1. The van der Waals surface area contributed by atoms with Gasteiger partial charge in [-0.2, -0.15) is 5.10 Å². The van der Waals surface area contributed by atoms with Crippen molar-refractivity contribution in [3.8, 4) is 11.8 Å². The number of fused-ring (bicyclic) bond motifs is 1. The molecule has 4 heterocycles. The van der Waals surface area contributed by atoms with E-state index in [1.807, 2.05) is 35.2 Å². The van der Waals surface area contributed by atoms with E-state index < -0.39 is 0 Å². The van der Waals surface area contributed by atoms with Gasteiger partial charge in [0.2, 0.25) is 0 Å². The number of benzene rings is 1. The van der Waals surface area contributed by atoms with Crippen LogP contribution in [-0.2, 0) is 11.8 Å². The Morgan fingerprint density at radius 1 is 1.24 bits per heavy atom. The average molecular weight is 514 g/mol. The molecule has 0 saturated carbocycles. The first kappa shape index (κ1) is 25.1. The number of aromatic nitrogens is 5. The molecule has 0 bridgehead atoms. The van der Waals surface area contributed by atoms with Crippen molar-refractivity contribution < 1.29 is 4.79 Å². The fraction of sp³-hybridized carbons (Fsp3) is 0.393. The summed E-state index contributed by atoms with van der Waals surface area (Å²) in [5, 5.41) is 8.02. The molecule has 3 aromatic heterocycles. The number of likely N-dealkylation sites (tertiary alicyclic amines) is 1. The molecule has 0 spiro atoms. The standard InChI is InChI=1S/C28H31N7OS/c1-17-6-7-18(13-22(36)27-32-23(15-37-27)28(2,3)4)12-19(17)8-9-21-24-25(29)30-16-31-26(24)35(33-21)20-10-11-34(5)14-20/h6-7,12,15-16,20H,10-11,13-14H2,1-5H3,(H2,29,30,31)/t20-/m1/s1. The van der Waals surface area contributed by atoms with Gasteiger partial charge in [-0.1, -0.05) is 38.8 Å². The Hall–Kier alpha value is -3.61. The quantitative estimate of drug-likeness (QED) is 0.323. The summed E-state index contributed by atoms with van der Waals surface area (Å²) < 4.78 is 1.95. The van der Waals surface area contributed by atoms with Crippen LogP contribution in [0.1, 0.15) is 71.1 Å². The lowest BCUT2D eigenvalue weighted by Crippen LogP contribution is -2.17. The summed E-state index contributed by atoms with van der Waals surface area (Å²) in [4.78, 5) is 28.4. The Morgan fingerprint density at radius 3 is 2.76 bits per heavy atom. The number of carbonyl (C=O) groups is 1. The van der Waals surface area contributed by atoms with E-state index in [0.717, 1.165) is 41.9 Å². The molecular weight excluding hydrogens is 482 g/mol. The monoisotopic (exact) mass is 513 g/mol. The largest absolute Gasteiger partial charge is 0.383 e. The van der Waals surface area contributed by atoms with Crippen LogP contribution in [0.25, 0.3) is 11.0 Å². The van der Waals surface area contributed by atoms with Gasteiger partial charge in [0.25, 0.3) is 0 Å². The van der Waals surface area contributed by atoms with E-state index in [4.69, 9.17) is 10.8 Å². The molecule has 0 radical (unpaired) electrons. The van der Waals surface area contributed by atoms with Crippen molar-refractivity contribution in [1.29, 1.82) is 0 Å². The average Bonchev–Trinajstić information content (AvgIpc) is 3.58. The lowest BCUT2D eigenvalue weighted by molar-refractivity contribution is 0.0992. The number of thiazole rings is 1. The zero-order valence-electron chi connectivity index (χ0n) is 21.9. The number of ketones is 1. The maximum Gasteiger partial charge on any atom is 0.195 e. The number of hydrogen-bond donors (Lipinski definition) is 1. The third-order valence-corrected chi connectivity index (χ3v) is 7.61. The summed E-state index contributed by atoms with van der Waals surface area (Å²) in [6.45, 7) is 10.2. The van der Waals surface area contributed by atoms with Crippen molar-refractivity contribution in [3.05, 3.63) is 63.0 Å². The minimum atomic E-state index is -0.0824. The topological polar surface area (TPSA) is 103 Å². The second kappa shape index (κ2) is 9.69. The molecule has 1 fully saturated rings. The summed E-state index contributed by atoms with van der Waals surface area (Å²) in [7, 11) is 2.11. The molecule has 5 rings (SSSR count). The van der Waals surface area contributed by atoms with Crippen molar-refractivity contribution in [2.75, 3.05) is 25.9 Å². The van der Waals surface area contributed by atoms with E-state index in [2.05, 4.69) is 59.5 Å². The van der Waals surface area contributed by atoms with Gasteiger partial charge in [0.05, 0.1) is 17.1 Å². The number of nitrogens with zero attached hydrogens (tertiary/aromatic N) is 6. The predicted octanol–water partition coefficient (Wildman–Crippen LogP) is 4.17. The van der Waals surface area contributed by atoms with Crippen LogP contribution in [0.15, 0.2) is 29.9 Å². The smallest absolute Gasteiger partial charge is 0.195 e. The van der Waals surface area contributed by atoms with E-state index in [0.29, 0.717) is 27.6 Å². The van der Waals surface area contributed by atoms with E-state index in [1.54, 1.807) is 0 Å². The lowest BCUT2D eigenvalue weighted by Gasteiger charge is -2.14. The summed E-state index contributed by atoms with van der Waals surface area (Å²) >= 11 is 1.41. The van der Waals surface area contributed by atoms with Crippen LogP contribution in [0.5, 0.6) is 0 Å². The Morgan fingerprint density at radius 2 is 2.05 bits per heavy atom. The van der Waals surface area contributed by atoms with Crippen molar-refractivity contribution in [2.24, 2.45) is 0 Å². The van der Waals surface area contributed by atoms with Crippen molar-refractivity contribution in [3.63, 3.8) is 0 Å². The molecule has 9 heteroatoms. The second-order valence-corrected chi connectivity index (χ2v) is 11.6. The van der Waals surface area contributed by atoms with Crippen LogP contribution in [0, 0.1) is 18.8 Å². The van der Waals surface area contributed by atoms with Crippen LogP contribution < -0.4 is 5.73 Å². The number of likely N-dealkylation sites (N-methyl/N-ethyl adjacent to an activating group) is 1. The second-order valence-electron chi connectivity index (χ2n) is 10.7. The fourth-order valence-corrected chi connectivity index (χ4v) is 5.48. The van der Waals surface area contributed by atoms with Gasteiger partial charge in [-0.3, -0.25) is 4.79 Å². The van der Waals surface area contributed by atoms with Crippen LogP contribution in [0.3, 0.4) is 0 Å². The number of aryl methyl sites for hydroxylation is 1. The summed E-state index contributed by atoms with van der Waals surface area (Å²) in [6.07, 6.45) is 2.75. The van der Waals surface area contributed by atoms with Gasteiger partial charge < -0.3 is 10.6 Å². The first-order valence-electron chi connectivity index (χ1n) is 12.4. The SMILES string of the molecule is Cc1ccc(CC(=O)c2nc(C(C)(C)C)cs2)cc1C#Cc1nn([C@@H]2CCN(C)C2)c2ncnc(N)c12. The highest BCUT2D eigenvalue weighted by Gasteiger charge is 2.26. The van der Waals surface area contributed by atoms with Gasteiger partial charge >= 0.3 is 0 Å². The van der Waals surface area contributed by atoms with Gasteiger partial charge in [-0.05, 0) is 43.5 Å². The zero-order valence-corrected chi connectivity index (χ0v) is 22.7. The number of Topliss-reactive ketones (excluding diaryl/α,β-unsaturated/α-hetero) is 1. The Labute approximate surface area is 220 Å². The Balaban J connectivity index is 1.44. The molecular formula is C28H31N7OS. The normalized spacial score (nSPS) is 16.2. The molecule has 2 N–H and O–H groups in total. The van der Waals surface area contributed by atoms with Gasteiger partial charge in [0.1, 0.15) is 17.8 Å². The summed E-state index contributed by atoms with van der Waals surface area (Å²) in [5.74, 6) is 6.88. The van der Waals surface area contributed by atoms with E-state index in [9.17, 15) is 4.79 Å². The van der Waals surface area contributed by atoms with Gasteiger partial charge in [0, 0.05) is 35.9 Å². The molecule has 0 unspecified atom stereocenters. The first-order valence-corrected chi connectivity index (χ1v) is 13.3. The molecule has 1 atom stereocenters. The molecule has 1 aliphatic rings. The number of anilines is 1. The number of rotatable bonds is 4. The lowest BCUT2D eigenvalue weighted by atomic mass is 9.93. The van der Waals surface area contributed by atoms with Crippen molar-refractivity contribution in [2.45, 2.75) is 52.0 Å². The maximum absolute atomic E-state index is 12.9. The first-order chi connectivity index (χ1) is 17.6. The van der Waals surface area contributed by atoms with E-state index in [-0.39, 0.29) is 23.7 Å². The predicted molar refractivity (Wildman–Crippen MR) is 147 cm³/mol. The summed E-state index contributed by atoms with van der Waals surface area (Å²) in [5.41, 5.74) is 11.1. The third kappa shape index (κ3) is 5.13. The molecule has 0 amide bonds. The minimum absolute atomic E-state index is 0.0134. The zero-order chi connectivity index (χ0) is 26.3. The van der Waals surface area contributed by atoms with E-state index >= 15 is 0 Å². The summed E-state index contributed by atoms with van der Waals surface area (Å²) in [6, 6.07) is 6.17. The van der Waals surface area contributed by atoms with Gasteiger partial charge in [-0.25, -0.2) is 19.6 Å². The minimum Gasteiger partial charge on any atom is -0.383 e. The Kier molecular flexibility index (Phi) is 6.56. The molecule has 0 aliphatic carbocycles. The number of nitrogen functional groups attached to an aromatic ring is 1. The Bertz CT molecular complexity index is 1550. The molecule has 8 nitrogen and oxygen atoms in total. The fourth-order valence-electron chi connectivity index (χ4n) is 4.50. The van der Waals surface area contributed by atoms with Crippen molar-refractivity contribution >= 4 is 34.0 Å². The highest BCUT2D eigenvalue weighted by Crippen LogP contribution is 2.28. The highest BCUT2D eigenvalue weighted by molar-refractivity contribution is 7.11. The maximum atomic E-state index is 12.9. The van der Waals surface area contributed by atoms with Crippen LogP contribution >= 0.6 is 11.3 Å². The van der Waals surface area contributed by atoms with Crippen molar-refractivity contribution in [1.82, 2.24) is 29.6 Å². The molecule has 37 heavy (non-hydrogen) atoms. The van der Waals surface area contributed by atoms with E-state index in [1.165, 1.54) is 17.7 Å². The molecule has 1 aromatic carbocycles.